The SMILES string of the molecule is Cc1ccc(C(C(=O)Nc2c(C)cccc2C)N2CCC2=O)s1. The van der Waals surface area contributed by atoms with Crippen LogP contribution in [0.15, 0.2) is 30.3 Å². The summed E-state index contributed by atoms with van der Waals surface area (Å²) in [5, 5.41) is 3.03. The molecule has 2 heterocycles. The molecule has 1 aliphatic rings. The second-order valence-electron chi connectivity index (χ2n) is 5.94. The highest BCUT2D eigenvalue weighted by atomic mass is 32.1. The zero-order valence-corrected chi connectivity index (χ0v) is 14.4. The molecular weight excluding hydrogens is 308 g/mol. The van der Waals surface area contributed by atoms with Crippen molar-refractivity contribution in [2.45, 2.75) is 33.2 Å². The van der Waals surface area contributed by atoms with Gasteiger partial charge in [-0.2, -0.15) is 0 Å². The molecule has 0 radical (unpaired) electrons. The van der Waals surface area contributed by atoms with Crippen molar-refractivity contribution in [2.24, 2.45) is 0 Å². The molecule has 0 saturated carbocycles. The number of aryl methyl sites for hydroxylation is 3. The zero-order chi connectivity index (χ0) is 16.6. The van der Waals surface area contributed by atoms with Crippen molar-refractivity contribution in [2.75, 3.05) is 11.9 Å². The number of amides is 2. The summed E-state index contributed by atoms with van der Waals surface area (Å²) in [6.07, 6.45) is 0.525. The van der Waals surface area contributed by atoms with Gasteiger partial charge in [-0.25, -0.2) is 0 Å². The minimum Gasteiger partial charge on any atom is -0.325 e. The maximum absolute atomic E-state index is 12.9. The van der Waals surface area contributed by atoms with E-state index in [2.05, 4.69) is 5.32 Å². The molecule has 1 aliphatic heterocycles. The lowest BCUT2D eigenvalue weighted by atomic mass is 10.1. The number of carbonyl (C=O) groups excluding carboxylic acids is 2. The quantitative estimate of drug-likeness (QED) is 0.872. The van der Waals surface area contributed by atoms with Crippen LogP contribution < -0.4 is 5.32 Å². The van der Waals surface area contributed by atoms with Crippen LogP contribution in [0, 0.1) is 20.8 Å². The van der Waals surface area contributed by atoms with Crippen LogP contribution >= 0.6 is 11.3 Å². The van der Waals surface area contributed by atoms with Crippen molar-refractivity contribution in [3.05, 3.63) is 51.2 Å². The minimum absolute atomic E-state index is 0.0395. The van der Waals surface area contributed by atoms with E-state index in [1.54, 1.807) is 16.2 Å². The van der Waals surface area contributed by atoms with Gasteiger partial charge in [-0.1, -0.05) is 18.2 Å². The molecule has 5 heteroatoms. The van der Waals surface area contributed by atoms with Crippen LogP contribution in [0.3, 0.4) is 0 Å². The number of hydrogen-bond acceptors (Lipinski definition) is 3. The lowest BCUT2D eigenvalue weighted by Gasteiger charge is -2.37. The lowest BCUT2D eigenvalue weighted by Crippen LogP contribution is -2.49. The topological polar surface area (TPSA) is 49.4 Å². The van der Waals surface area contributed by atoms with E-state index in [1.165, 1.54) is 0 Å². The van der Waals surface area contributed by atoms with Gasteiger partial charge in [0.25, 0.3) is 5.91 Å². The fourth-order valence-electron chi connectivity index (χ4n) is 2.83. The van der Waals surface area contributed by atoms with Crippen LogP contribution in [0.1, 0.15) is 33.3 Å². The van der Waals surface area contributed by atoms with E-state index in [1.807, 2.05) is 51.1 Å². The van der Waals surface area contributed by atoms with Crippen molar-refractivity contribution in [1.82, 2.24) is 4.90 Å². The Bertz CT molecular complexity index is 746. The van der Waals surface area contributed by atoms with Gasteiger partial charge < -0.3 is 10.2 Å². The molecule has 3 rings (SSSR count). The summed E-state index contributed by atoms with van der Waals surface area (Å²) in [7, 11) is 0. The van der Waals surface area contributed by atoms with E-state index >= 15 is 0 Å². The number of rotatable bonds is 4. The Hall–Kier alpha value is -2.14. The van der Waals surface area contributed by atoms with E-state index in [0.717, 1.165) is 26.6 Å². The summed E-state index contributed by atoms with van der Waals surface area (Å²) in [6.45, 7) is 6.59. The summed E-state index contributed by atoms with van der Waals surface area (Å²) in [4.78, 5) is 28.5. The van der Waals surface area contributed by atoms with Crippen molar-refractivity contribution >= 4 is 28.8 Å². The number of benzene rings is 1. The van der Waals surface area contributed by atoms with E-state index in [4.69, 9.17) is 0 Å². The Morgan fingerprint density at radius 3 is 2.35 bits per heavy atom. The van der Waals surface area contributed by atoms with Gasteiger partial charge in [-0.3, -0.25) is 9.59 Å². The fourth-order valence-corrected chi connectivity index (χ4v) is 3.82. The number of anilines is 1. The molecule has 0 aliphatic carbocycles. The third kappa shape index (κ3) is 3.01. The molecule has 1 aromatic heterocycles. The van der Waals surface area contributed by atoms with Crippen LogP contribution in [-0.4, -0.2) is 23.3 Å². The number of nitrogens with one attached hydrogen (secondary N) is 1. The molecule has 0 bridgehead atoms. The second kappa shape index (κ2) is 6.16. The van der Waals surface area contributed by atoms with Gasteiger partial charge >= 0.3 is 0 Å². The number of likely N-dealkylation sites (tertiary alicyclic amines) is 1. The van der Waals surface area contributed by atoms with Gasteiger partial charge in [-0.05, 0) is 44.0 Å². The monoisotopic (exact) mass is 328 g/mol. The summed E-state index contributed by atoms with van der Waals surface area (Å²) >= 11 is 1.57. The van der Waals surface area contributed by atoms with Crippen molar-refractivity contribution in [1.29, 1.82) is 0 Å². The maximum atomic E-state index is 12.9. The summed E-state index contributed by atoms with van der Waals surface area (Å²) in [5.41, 5.74) is 2.88. The first kappa shape index (κ1) is 15.7. The summed E-state index contributed by atoms with van der Waals surface area (Å²) in [6, 6.07) is 9.32. The average molecular weight is 328 g/mol. The largest absolute Gasteiger partial charge is 0.325 e. The van der Waals surface area contributed by atoms with Crippen molar-refractivity contribution in [3.8, 4) is 0 Å². The third-order valence-corrected chi connectivity index (χ3v) is 5.26. The first-order valence-corrected chi connectivity index (χ1v) is 8.52. The van der Waals surface area contributed by atoms with Crippen molar-refractivity contribution in [3.63, 3.8) is 0 Å². The summed E-state index contributed by atoms with van der Waals surface area (Å²) < 4.78 is 0. The Morgan fingerprint density at radius 1 is 1.17 bits per heavy atom. The van der Waals surface area contributed by atoms with Crippen LogP contribution in [0.2, 0.25) is 0 Å². The van der Waals surface area contributed by atoms with Crippen molar-refractivity contribution < 1.29 is 9.59 Å². The molecule has 0 spiro atoms. The standard InChI is InChI=1S/C18H20N2O2S/c1-11-5-4-6-12(2)16(11)19-18(22)17(20-10-9-15(20)21)14-8-7-13(3)23-14/h4-8,17H,9-10H2,1-3H3,(H,19,22). The van der Waals surface area contributed by atoms with E-state index < -0.39 is 6.04 Å². The second-order valence-corrected chi connectivity index (χ2v) is 7.26. The van der Waals surface area contributed by atoms with E-state index in [9.17, 15) is 9.59 Å². The Morgan fingerprint density at radius 2 is 1.87 bits per heavy atom. The highest BCUT2D eigenvalue weighted by Crippen LogP contribution is 2.33. The molecular formula is C18H20N2O2S. The molecule has 120 valence electrons. The van der Waals surface area contributed by atoms with Gasteiger partial charge in [0.2, 0.25) is 5.91 Å². The molecule has 1 saturated heterocycles. The Kier molecular flexibility index (Phi) is 4.22. The van der Waals surface area contributed by atoms with Crippen LogP contribution in [-0.2, 0) is 9.59 Å². The normalized spacial score (nSPS) is 15.3. The third-order valence-electron chi connectivity index (χ3n) is 4.21. The summed E-state index contributed by atoms with van der Waals surface area (Å²) in [5.74, 6) is -0.102. The number of carbonyl (C=O) groups is 2. The average Bonchev–Trinajstić information content (AvgIpc) is 2.92. The molecule has 23 heavy (non-hydrogen) atoms. The maximum Gasteiger partial charge on any atom is 0.252 e. The fraction of sp³-hybridized carbons (Fsp3) is 0.333. The Labute approximate surface area is 140 Å². The van der Waals surface area contributed by atoms with Gasteiger partial charge in [0, 0.05) is 28.4 Å². The number of hydrogen-bond donors (Lipinski definition) is 1. The molecule has 1 unspecified atom stereocenters. The smallest absolute Gasteiger partial charge is 0.252 e. The molecule has 1 aromatic carbocycles. The number of thiophene rings is 1. The minimum atomic E-state index is -0.533. The molecule has 1 fully saturated rings. The predicted molar refractivity (Wildman–Crippen MR) is 92.7 cm³/mol. The molecule has 2 amide bonds. The van der Waals surface area contributed by atoms with Crippen LogP contribution in [0.5, 0.6) is 0 Å². The highest BCUT2D eigenvalue weighted by molar-refractivity contribution is 7.12. The van der Waals surface area contributed by atoms with E-state index in [-0.39, 0.29) is 11.8 Å². The molecule has 2 aromatic rings. The highest BCUT2D eigenvalue weighted by Gasteiger charge is 2.37. The number of β-lactam (4-membered cyclic amide) rings is 1. The van der Waals surface area contributed by atoms with Gasteiger partial charge in [0.1, 0.15) is 6.04 Å². The van der Waals surface area contributed by atoms with Gasteiger partial charge in [0.15, 0.2) is 0 Å². The van der Waals surface area contributed by atoms with Crippen LogP contribution in [0.25, 0.3) is 0 Å². The number of para-hydroxylation sites is 1. The lowest BCUT2D eigenvalue weighted by molar-refractivity contribution is -0.147. The van der Waals surface area contributed by atoms with Crippen LogP contribution in [0.4, 0.5) is 5.69 Å². The number of nitrogens with zero attached hydrogens (tertiary/aromatic N) is 1. The van der Waals surface area contributed by atoms with Gasteiger partial charge in [0.05, 0.1) is 0 Å². The molecule has 4 nitrogen and oxygen atoms in total. The zero-order valence-electron chi connectivity index (χ0n) is 13.6. The van der Waals surface area contributed by atoms with Gasteiger partial charge in [-0.15, -0.1) is 11.3 Å². The predicted octanol–water partition coefficient (Wildman–Crippen LogP) is 3.59. The first-order chi connectivity index (χ1) is 11.0. The molecule has 1 N–H and O–H groups in total. The molecule has 1 atom stereocenters. The van der Waals surface area contributed by atoms with E-state index in [0.29, 0.717) is 13.0 Å². The first-order valence-electron chi connectivity index (χ1n) is 7.70. The Balaban J connectivity index is 1.90.